The van der Waals surface area contributed by atoms with Gasteiger partial charge in [-0.05, 0) is 56.2 Å². The van der Waals surface area contributed by atoms with Crippen LogP contribution in [0.4, 0.5) is 5.82 Å². The molecule has 0 aromatic carbocycles. The van der Waals surface area contributed by atoms with Crippen LogP contribution in [0, 0.1) is 0 Å². The topological polar surface area (TPSA) is 55.8 Å². The Bertz CT molecular complexity index is 640. The minimum absolute atomic E-state index is 0.534. The van der Waals surface area contributed by atoms with E-state index in [-0.39, 0.29) is 0 Å². The highest BCUT2D eigenvalue weighted by Gasteiger charge is 2.31. The number of guanidine groups is 1. The third kappa shape index (κ3) is 5.37. The Morgan fingerprint density at radius 3 is 2.50 bits per heavy atom. The summed E-state index contributed by atoms with van der Waals surface area (Å²) in [4.78, 5) is 14.2. The highest BCUT2D eigenvalue weighted by molar-refractivity contribution is 5.80. The number of nitrogens with one attached hydrogen (secondary N) is 2. The fraction of sp³-hybridized carbons (Fsp3) is 0.727. The fourth-order valence-electron chi connectivity index (χ4n) is 4.47. The van der Waals surface area contributed by atoms with E-state index in [1.54, 1.807) is 0 Å². The van der Waals surface area contributed by atoms with Crippen LogP contribution in [-0.4, -0.2) is 61.2 Å². The van der Waals surface area contributed by atoms with E-state index in [1.807, 2.05) is 13.2 Å². The standard InChI is InChI=1S/C22H36N6/c1-23-22(26-19-9-14-27(15-10-19)20-6-7-20)25-17-18-8-11-24-21(16-18)28-12-4-2-3-5-13-28/h8,11,16,19-20H,2-7,9-10,12-15,17H2,1H3,(H2,23,25,26). The number of hydrogen-bond donors (Lipinski definition) is 2. The van der Waals surface area contributed by atoms with E-state index in [0.717, 1.165) is 37.5 Å². The first kappa shape index (κ1) is 19.5. The summed E-state index contributed by atoms with van der Waals surface area (Å²) in [6, 6.07) is 5.77. The first-order valence-electron chi connectivity index (χ1n) is 11.2. The van der Waals surface area contributed by atoms with E-state index in [9.17, 15) is 0 Å². The zero-order valence-corrected chi connectivity index (χ0v) is 17.4. The van der Waals surface area contributed by atoms with E-state index in [0.29, 0.717) is 6.04 Å². The van der Waals surface area contributed by atoms with Crippen molar-refractivity contribution in [3.05, 3.63) is 23.9 Å². The SMILES string of the molecule is CN=C(NCc1ccnc(N2CCCCCC2)c1)NC1CCN(C2CC2)CC1. The Kier molecular flexibility index (Phi) is 6.68. The Morgan fingerprint density at radius 1 is 1.07 bits per heavy atom. The van der Waals surface area contributed by atoms with E-state index < -0.39 is 0 Å². The molecule has 0 unspecified atom stereocenters. The number of anilines is 1. The lowest BCUT2D eigenvalue weighted by atomic mass is 10.1. The van der Waals surface area contributed by atoms with Crippen LogP contribution in [0.3, 0.4) is 0 Å². The minimum Gasteiger partial charge on any atom is -0.357 e. The smallest absolute Gasteiger partial charge is 0.191 e. The maximum atomic E-state index is 4.62. The first-order chi connectivity index (χ1) is 13.8. The second-order valence-corrected chi connectivity index (χ2v) is 8.54. The van der Waals surface area contributed by atoms with E-state index in [4.69, 9.17) is 0 Å². The molecule has 0 atom stereocenters. The molecule has 2 N–H and O–H groups in total. The first-order valence-corrected chi connectivity index (χ1v) is 11.2. The molecule has 4 rings (SSSR count). The summed E-state index contributed by atoms with van der Waals surface area (Å²) in [7, 11) is 1.86. The fourth-order valence-corrected chi connectivity index (χ4v) is 4.47. The van der Waals surface area contributed by atoms with Gasteiger partial charge in [-0.1, -0.05) is 12.8 Å². The van der Waals surface area contributed by atoms with Crippen molar-refractivity contribution in [3.8, 4) is 0 Å². The maximum absolute atomic E-state index is 4.62. The summed E-state index contributed by atoms with van der Waals surface area (Å²) in [6.07, 6.45) is 12.4. The second-order valence-electron chi connectivity index (χ2n) is 8.54. The van der Waals surface area contributed by atoms with Crippen LogP contribution in [0.1, 0.15) is 56.9 Å². The molecule has 0 spiro atoms. The lowest BCUT2D eigenvalue weighted by Crippen LogP contribution is -2.48. The molecule has 1 aromatic heterocycles. The molecule has 6 heteroatoms. The molecule has 0 bridgehead atoms. The van der Waals surface area contributed by atoms with Crippen LogP contribution in [0.25, 0.3) is 0 Å². The van der Waals surface area contributed by atoms with Gasteiger partial charge in [-0.3, -0.25) is 4.99 Å². The van der Waals surface area contributed by atoms with Crippen LogP contribution >= 0.6 is 0 Å². The average Bonchev–Trinajstić information content (AvgIpc) is 3.59. The van der Waals surface area contributed by atoms with E-state index >= 15 is 0 Å². The highest BCUT2D eigenvalue weighted by Crippen LogP contribution is 2.29. The van der Waals surface area contributed by atoms with Gasteiger partial charge in [-0.15, -0.1) is 0 Å². The monoisotopic (exact) mass is 384 g/mol. The molecule has 2 saturated heterocycles. The second kappa shape index (κ2) is 9.59. The third-order valence-corrected chi connectivity index (χ3v) is 6.36. The van der Waals surface area contributed by atoms with Crippen molar-refractivity contribution in [2.45, 2.75) is 70.0 Å². The average molecular weight is 385 g/mol. The summed E-state index contributed by atoms with van der Waals surface area (Å²) in [6.45, 7) is 5.50. The highest BCUT2D eigenvalue weighted by atomic mass is 15.2. The number of aliphatic imine (C=N–C) groups is 1. The number of nitrogens with zero attached hydrogens (tertiary/aromatic N) is 4. The molecular formula is C22H36N6. The van der Waals surface area contributed by atoms with Gasteiger partial charge in [0.05, 0.1) is 0 Å². The third-order valence-electron chi connectivity index (χ3n) is 6.36. The van der Waals surface area contributed by atoms with Gasteiger partial charge in [-0.25, -0.2) is 4.98 Å². The van der Waals surface area contributed by atoms with E-state index in [1.165, 1.54) is 70.0 Å². The Morgan fingerprint density at radius 2 is 1.82 bits per heavy atom. The molecule has 0 radical (unpaired) electrons. The van der Waals surface area contributed by atoms with Crippen LogP contribution in [0.5, 0.6) is 0 Å². The quantitative estimate of drug-likeness (QED) is 0.604. The predicted molar refractivity (Wildman–Crippen MR) is 116 cm³/mol. The molecule has 0 amide bonds. The molecule has 28 heavy (non-hydrogen) atoms. The van der Waals surface area contributed by atoms with Gasteiger partial charge in [0.2, 0.25) is 0 Å². The van der Waals surface area contributed by atoms with Gasteiger partial charge in [0.15, 0.2) is 5.96 Å². The number of hydrogen-bond acceptors (Lipinski definition) is 4. The zero-order chi connectivity index (χ0) is 19.2. The molecule has 1 aromatic rings. The predicted octanol–water partition coefficient (Wildman–Crippen LogP) is 2.75. The normalized spacial score (nSPS) is 22.8. The molecule has 3 aliphatic rings. The van der Waals surface area contributed by atoms with Crippen molar-refractivity contribution in [2.24, 2.45) is 4.99 Å². The van der Waals surface area contributed by atoms with Crippen molar-refractivity contribution < 1.29 is 0 Å². The van der Waals surface area contributed by atoms with Crippen molar-refractivity contribution in [2.75, 3.05) is 38.1 Å². The van der Waals surface area contributed by atoms with Crippen LogP contribution in [0.15, 0.2) is 23.3 Å². The largest absolute Gasteiger partial charge is 0.357 e. The molecule has 1 saturated carbocycles. The number of piperidine rings is 1. The van der Waals surface area contributed by atoms with Crippen molar-refractivity contribution in [1.29, 1.82) is 0 Å². The molecule has 3 fully saturated rings. The van der Waals surface area contributed by atoms with Gasteiger partial charge in [0.1, 0.15) is 5.82 Å². The number of pyridine rings is 1. The van der Waals surface area contributed by atoms with Gasteiger partial charge in [-0.2, -0.15) is 0 Å². The summed E-state index contributed by atoms with van der Waals surface area (Å²) in [5, 5.41) is 7.13. The number of likely N-dealkylation sites (tertiary alicyclic amines) is 1. The zero-order valence-electron chi connectivity index (χ0n) is 17.4. The lowest BCUT2D eigenvalue weighted by molar-refractivity contribution is 0.197. The summed E-state index contributed by atoms with van der Waals surface area (Å²) < 4.78 is 0. The van der Waals surface area contributed by atoms with Gasteiger partial charge in [0.25, 0.3) is 0 Å². The summed E-state index contributed by atoms with van der Waals surface area (Å²) >= 11 is 0. The number of rotatable bonds is 5. The van der Waals surface area contributed by atoms with Crippen molar-refractivity contribution in [3.63, 3.8) is 0 Å². The molecule has 3 heterocycles. The summed E-state index contributed by atoms with van der Waals surface area (Å²) in [5.41, 5.74) is 1.26. The van der Waals surface area contributed by atoms with Gasteiger partial charge < -0.3 is 20.4 Å². The Labute approximate surface area is 169 Å². The summed E-state index contributed by atoms with van der Waals surface area (Å²) in [5.74, 6) is 2.04. The molecule has 1 aliphatic carbocycles. The van der Waals surface area contributed by atoms with Gasteiger partial charge >= 0.3 is 0 Å². The molecular weight excluding hydrogens is 348 g/mol. The number of aromatic nitrogens is 1. The van der Waals surface area contributed by atoms with Crippen LogP contribution < -0.4 is 15.5 Å². The minimum atomic E-state index is 0.534. The molecule has 154 valence electrons. The van der Waals surface area contributed by atoms with Crippen molar-refractivity contribution in [1.82, 2.24) is 20.5 Å². The lowest BCUT2D eigenvalue weighted by Gasteiger charge is -2.33. The van der Waals surface area contributed by atoms with Gasteiger partial charge in [0, 0.05) is 58.1 Å². The molecule has 6 nitrogen and oxygen atoms in total. The Balaban J connectivity index is 1.26. The Hall–Kier alpha value is -1.82. The van der Waals surface area contributed by atoms with E-state index in [2.05, 4.69) is 42.5 Å². The molecule has 2 aliphatic heterocycles. The van der Waals surface area contributed by atoms with Crippen molar-refractivity contribution >= 4 is 11.8 Å². The van der Waals surface area contributed by atoms with Crippen LogP contribution in [0.2, 0.25) is 0 Å². The maximum Gasteiger partial charge on any atom is 0.191 e. The van der Waals surface area contributed by atoms with Crippen LogP contribution in [-0.2, 0) is 6.54 Å².